The second-order valence-electron chi connectivity index (χ2n) is 4.90. The normalized spacial score (nSPS) is 26.7. The number of aliphatic hydroxyl groups is 2. The number of carboxylic acids is 1. The summed E-state index contributed by atoms with van der Waals surface area (Å²) >= 11 is 0. The summed E-state index contributed by atoms with van der Waals surface area (Å²) in [6.07, 6.45) is 3.50. The Morgan fingerprint density at radius 1 is 1.29 bits per heavy atom. The van der Waals surface area contributed by atoms with Gasteiger partial charge in [0.1, 0.15) is 0 Å². The minimum Gasteiger partial charge on any atom is -0.481 e. The van der Waals surface area contributed by atoms with Gasteiger partial charge in [0, 0.05) is 13.2 Å². The van der Waals surface area contributed by atoms with Crippen LogP contribution >= 0.6 is 0 Å². The van der Waals surface area contributed by atoms with Crippen LogP contribution in [0.5, 0.6) is 0 Å². The highest BCUT2D eigenvalue weighted by Crippen LogP contribution is 2.28. The van der Waals surface area contributed by atoms with Gasteiger partial charge < -0.3 is 20.6 Å². The second kappa shape index (κ2) is 7.63. The van der Waals surface area contributed by atoms with Gasteiger partial charge in [-0.2, -0.15) is 0 Å². The predicted molar refractivity (Wildman–Crippen MR) is 63.7 cm³/mol. The molecular weight excluding hydrogens is 222 g/mol. The Hall–Kier alpha value is -0.650. The second-order valence-corrected chi connectivity index (χ2v) is 4.90. The van der Waals surface area contributed by atoms with Gasteiger partial charge in [-0.25, -0.2) is 0 Å². The van der Waals surface area contributed by atoms with Crippen molar-refractivity contribution < 1.29 is 20.1 Å². The first-order chi connectivity index (χ1) is 8.13. The van der Waals surface area contributed by atoms with Crippen molar-refractivity contribution in [2.24, 2.45) is 11.8 Å². The van der Waals surface area contributed by atoms with Crippen LogP contribution in [0.2, 0.25) is 0 Å². The van der Waals surface area contributed by atoms with Crippen molar-refractivity contribution in [3.63, 3.8) is 0 Å². The Kier molecular flexibility index (Phi) is 6.47. The monoisotopic (exact) mass is 245 g/mol. The van der Waals surface area contributed by atoms with E-state index in [0.717, 1.165) is 19.4 Å². The maximum absolute atomic E-state index is 10.4. The maximum atomic E-state index is 10.4. The molecule has 17 heavy (non-hydrogen) atoms. The molecule has 0 aromatic carbocycles. The van der Waals surface area contributed by atoms with Crippen LogP contribution in [-0.4, -0.2) is 47.1 Å². The summed E-state index contributed by atoms with van der Waals surface area (Å²) in [6.45, 7) is 1.28. The molecule has 4 N–H and O–H groups in total. The van der Waals surface area contributed by atoms with Crippen molar-refractivity contribution in [2.75, 3.05) is 19.7 Å². The van der Waals surface area contributed by atoms with Crippen molar-refractivity contribution in [3.05, 3.63) is 0 Å². The summed E-state index contributed by atoms with van der Waals surface area (Å²) in [7, 11) is 0. The topological polar surface area (TPSA) is 89.8 Å². The van der Waals surface area contributed by atoms with Crippen LogP contribution < -0.4 is 5.32 Å². The largest absolute Gasteiger partial charge is 0.481 e. The molecule has 5 heteroatoms. The molecule has 5 nitrogen and oxygen atoms in total. The minimum atomic E-state index is -0.981. The molecule has 1 aliphatic carbocycles. The van der Waals surface area contributed by atoms with E-state index in [0.29, 0.717) is 18.4 Å². The fourth-order valence-corrected chi connectivity index (χ4v) is 2.50. The van der Waals surface area contributed by atoms with Crippen molar-refractivity contribution in [2.45, 2.75) is 38.2 Å². The first kappa shape index (κ1) is 14.4. The highest BCUT2D eigenvalue weighted by Gasteiger charge is 2.24. The van der Waals surface area contributed by atoms with Gasteiger partial charge in [0.15, 0.2) is 0 Å². The zero-order valence-corrected chi connectivity index (χ0v) is 10.1. The number of hydrogen-bond donors (Lipinski definition) is 4. The fourth-order valence-electron chi connectivity index (χ4n) is 2.50. The van der Waals surface area contributed by atoms with E-state index in [-0.39, 0.29) is 13.0 Å². The van der Waals surface area contributed by atoms with Crippen LogP contribution in [0.25, 0.3) is 0 Å². The van der Waals surface area contributed by atoms with E-state index in [1.54, 1.807) is 0 Å². The molecule has 1 rings (SSSR count). The van der Waals surface area contributed by atoms with E-state index < -0.39 is 12.1 Å². The predicted octanol–water partition coefficient (Wildman–Crippen LogP) is 0.210. The first-order valence-electron chi connectivity index (χ1n) is 6.35. The molecule has 0 aliphatic heterocycles. The fraction of sp³-hybridized carbons (Fsp3) is 0.917. The van der Waals surface area contributed by atoms with E-state index in [1.807, 2.05) is 0 Å². The van der Waals surface area contributed by atoms with Crippen LogP contribution in [0, 0.1) is 11.8 Å². The molecule has 0 aromatic rings. The molecule has 1 aliphatic rings. The number of aliphatic carboxylic acids is 1. The van der Waals surface area contributed by atoms with Gasteiger partial charge >= 0.3 is 5.97 Å². The maximum Gasteiger partial charge on any atom is 0.306 e. The molecule has 3 unspecified atom stereocenters. The van der Waals surface area contributed by atoms with Gasteiger partial charge in [-0.05, 0) is 31.2 Å². The SMILES string of the molecule is O=C(O)CC(O)CNCC1CCCCC1CO. The number of carbonyl (C=O) groups is 1. The van der Waals surface area contributed by atoms with E-state index in [4.69, 9.17) is 5.11 Å². The first-order valence-corrected chi connectivity index (χ1v) is 6.35. The molecule has 0 bridgehead atoms. The average molecular weight is 245 g/mol. The zero-order valence-electron chi connectivity index (χ0n) is 10.1. The lowest BCUT2D eigenvalue weighted by Crippen LogP contribution is -2.36. The number of rotatable bonds is 7. The van der Waals surface area contributed by atoms with Crippen LogP contribution in [-0.2, 0) is 4.79 Å². The standard InChI is InChI=1S/C12H23NO4/c14-8-10-4-2-1-3-9(10)6-13-7-11(15)5-12(16)17/h9-11,13-15H,1-8H2,(H,16,17). The van der Waals surface area contributed by atoms with Gasteiger partial charge in [0.05, 0.1) is 12.5 Å². The van der Waals surface area contributed by atoms with Gasteiger partial charge in [-0.1, -0.05) is 12.8 Å². The van der Waals surface area contributed by atoms with Crippen molar-refractivity contribution in [1.29, 1.82) is 0 Å². The summed E-state index contributed by atoms with van der Waals surface area (Å²) in [4.78, 5) is 10.4. The smallest absolute Gasteiger partial charge is 0.306 e. The van der Waals surface area contributed by atoms with Gasteiger partial charge in [0.25, 0.3) is 0 Å². The third kappa shape index (κ3) is 5.48. The van der Waals surface area contributed by atoms with Gasteiger partial charge in [-0.3, -0.25) is 4.79 Å². The van der Waals surface area contributed by atoms with Crippen LogP contribution in [0.3, 0.4) is 0 Å². The summed E-state index contributed by atoms with van der Waals surface area (Å²) in [5.41, 5.74) is 0. The van der Waals surface area contributed by atoms with Crippen molar-refractivity contribution in [3.8, 4) is 0 Å². The minimum absolute atomic E-state index is 0.221. The number of aliphatic hydroxyl groups excluding tert-OH is 2. The Morgan fingerprint density at radius 2 is 1.94 bits per heavy atom. The quantitative estimate of drug-likeness (QED) is 0.515. The highest BCUT2D eigenvalue weighted by atomic mass is 16.4. The molecular formula is C12H23NO4. The zero-order chi connectivity index (χ0) is 12.7. The Bertz CT molecular complexity index is 235. The van der Waals surface area contributed by atoms with Gasteiger partial charge in [-0.15, -0.1) is 0 Å². The Labute approximate surface area is 102 Å². The molecule has 0 amide bonds. The van der Waals surface area contributed by atoms with Crippen LogP contribution in [0.4, 0.5) is 0 Å². The molecule has 3 atom stereocenters. The van der Waals surface area contributed by atoms with E-state index in [2.05, 4.69) is 5.32 Å². The molecule has 0 heterocycles. The lowest BCUT2D eigenvalue weighted by molar-refractivity contribution is -0.139. The van der Waals surface area contributed by atoms with E-state index in [9.17, 15) is 15.0 Å². The summed E-state index contributed by atoms with van der Waals surface area (Å²) in [6, 6.07) is 0. The number of carboxylic acid groups (broad SMARTS) is 1. The van der Waals surface area contributed by atoms with Crippen LogP contribution in [0.1, 0.15) is 32.1 Å². The lowest BCUT2D eigenvalue weighted by atomic mass is 9.79. The lowest BCUT2D eigenvalue weighted by Gasteiger charge is -2.30. The van der Waals surface area contributed by atoms with E-state index in [1.165, 1.54) is 12.8 Å². The molecule has 1 fully saturated rings. The summed E-state index contributed by atoms with van der Waals surface area (Å²) in [5, 5.41) is 30.2. The van der Waals surface area contributed by atoms with Crippen LogP contribution in [0.15, 0.2) is 0 Å². The molecule has 100 valence electrons. The average Bonchev–Trinajstić information content (AvgIpc) is 2.28. The third-order valence-electron chi connectivity index (χ3n) is 3.50. The van der Waals surface area contributed by atoms with Gasteiger partial charge in [0.2, 0.25) is 0 Å². The Balaban J connectivity index is 2.18. The number of hydrogen-bond acceptors (Lipinski definition) is 4. The van der Waals surface area contributed by atoms with Crippen molar-refractivity contribution >= 4 is 5.97 Å². The Morgan fingerprint density at radius 3 is 2.53 bits per heavy atom. The number of nitrogens with one attached hydrogen (secondary N) is 1. The molecule has 0 saturated heterocycles. The van der Waals surface area contributed by atoms with E-state index >= 15 is 0 Å². The molecule has 0 spiro atoms. The van der Waals surface area contributed by atoms with Crippen molar-refractivity contribution in [1.82, 2.24) is 5.32 Å². The highest BCUT2D eigenvalue weighted by molar-refractivity contribution is 5.67. The summed E-state index contributed by atoms with van der Waals surface area (Å²) in [5.74, 6) is -0.177. The molecule has 0 aromatic heterocycles. The molecule has 0 radical (unpaired) electrons. The summed E-state index contributed by atoms with van der Waals surface area (Å²) < 4.78 is 0. The third-order valence-corrected chi connectivity index (χ3v) is 3.50. The molecule has 1 saturated carbocycles.